The highest BCUT2D eigenvalue weighted by atomic mass is 127. The second-order valence-electron chi connectivity index (χ2n) is 7.46. The predicted molar refractivity (Wildman–Crippen MR) is 118 cm³/mol. The summed E-state index contributed by atoms with van der Waals surface area (Å²) in [5.41, 5.74) is 1.36. The first-order valence-electron chi connectivity index (χ1n) is 10.1. The fraction of sp³-hybridized carbons (Fsp3) is 0.789. The molecule has 1 aliphatic carbocycles. The fourth-order valence-corrected chi connectivity index (χ4v) is 4.31. The van der Waals surface area contributed by atoms with Crippen molar-refractivity contribution in [2.45, 2.75) is 70.4 Å². The number of aliphatic imine (C=N–C) groups is 1. The molecule has 3 N–H and O–H groups in total. The molecule has 1 aliphatic heterocycles. The first-order valence-corrected chi connectivity index (χ1v) is 10.1. The van der Waals surface area contributed by atoms with Crippen LogP contribution < -0.4 is 10.6 Å². The minimum Gasteiger partial charge on any atom is -0.357 e. The van der Waals surface area contributed by atoms with Crippen LogP contribution in [0.3, 0.4) is 0 Å². The second kappa shape index (κ2) is 11.1. The number of hydrogen-bond donors (Lipinski definition) is 3. The van der Waals surface area contributed by atoms with Crippen molar-refractivity contribution in [2.24, 2.45) is 4.99 Å². The van der Waals surface area contributed by atoms with Gasteiger partial charge in [0.15, 0.2) is 5.96 Å². The summed E-state index contributed by atoms with van der Waals surface area (Å²) in [6.45, 7) is 7.17. The van der Waals surface area contributed by atoms with Gasteiger partial charge < -0.3 is 10.6 Å². The quantitative estimate of drug-likeness (QED) is 0.337. The fourth-order valence-electron chi connectivity index (χ4n) is 4.31. The maximum absolute atomic E-state index is 4.72. The lowest BCUT2D eigenvalue weighted by molar-refractivity contribution is 0.0368. The van der Waals surface area contributed by atoms with Crippen LogP contribution in [-0.4, -0.2) is 52.8 Å². The van der Waals surface area contributed by atoms with Crippen molar-refractivity contribution in [3.8, 4) is 0 Å². The van der Waals surface area contributed by atoms with Gasteiger partial charge in [-0.25, -0.2) is 4.99 Å². The number of nitrogens with one attached hydrogen (secondary N) is 3. The minimum atomic E-state index is 0. The number of hydrogen-bond acceptors (Lipinski definition) is 3. The molecule has 6 nitrogen and oxygen atoms in total. The summed E-state index contributed by atoms with van der Waals surface area (Å²) in [5, 5.41) is 14.0. The van der Waals surface area contributed by atoms with Gasteiger partial charge in [-0.2, -0.15) is 5.10 Å². The third kappa shape index (κ3) is 5.84. The Hall–Kier alpha value is -0.830. The molecular weight excluding hydrogens is 439 g/mol. The van der Waals surface area contributed by atoms with Crippen LogP contribution >= 0.6 is 24.0 Å². The van der Waals surface area contributed by atoms with E-state index >= 15 is 0 Å². The van der Waals surface area contributed by atoms with Crippen LogP contribution in [0.5, 0.6) is 0 Å². The Bertz CT molecular complexity index is 518. The van der Waals surface area contributed by atoms with Crippen LogP contribution in [0.25, 0.3) is 0 Å². The summed E-state index contributed by atoms with van der Waals surface area (Å²) >= 11 is 0. The molecule has 0 spiro atoms. The molecule has 2 aliphatic rings. The number of likely N-dealkylation sites (tertiary alicyclic amines) is 1. The molecule has 0 atom stereocenters. The van der Waals surface area contributed by atoms with Crippen LogP contribution in [-0.2, 0) is 6.54 Å². The molecule has 0 aromatic carbocycles. The van der Waals surface area contributed by atoms with E-state index in [9.17, 15) is 0 Å². The van der Waals surface area contributed by atoms with Gasteiger partial charge in [0.05, 0.1) is 12.2 Å². The molecule has 148 valence electrons. The highest BCUT2D eigenvalue weighted by Crippen LogP contribution is 2.35. The van der Waals surface area contributed by atoms with Crippen molar-refractivity contribution in [3.63, 3.8) is 0 Å². The van der Waals surface area contributed by atoms with Crippen molar-refractivity contribution in [3.05, 3.63) is 18.0 Å². The molecule has 1 saturated heterocycles. The number of nitrogens with zero attached hydrogens (tertiary/aromatic N) is 3. The number of H-pyrrole nitrogens is 1. The topological polar surface area (TPSA) is 68.3 Å². The van der Waals surface area contributed by atoms with Crippen molar-refractivity contribution in [1.29, 1.82) is 0 Å². The van der Waals surface area contributed by atoms with Crippen LogP contribution in [0, 0.1) is 0 Å². The smallest absolute Gasteiger partial charge is 0.191 e. The molecule has 0 bridgehead atoms. The number of guanidine groups is 1. The Kier molecular flexibility index (Phi) is 9.18. The van der Waals surface area contributed by atoms with E-state index < -0.39 is 0 Å². The standard InChI is InChI=1S/C19H34N6.HI/c1-2-20-18(21-15-17-9-12-23-24-17)22-16-19(10-5-3-6-11-19)25-13-7-4-8-14-25;/h9,12H,2-8,10-11,13-16H2,1H3,(H,23,24)(H2,20,21,22);1H. The van der Waals surface area contributed by atoms with E-state index in [4.69, 9.17) is 4.99 Å². The summed E-state index contributed by atoms with van der Waals surface area (Å²) in [4.78, 5) is 7.50. The van der Waals surface area contributed by atoms with Gasteiger partial charge >= 0.3 is 0 Å². The molecule has 1 aromatic rings. The van der Waals surface area contributed by atoms with E-state index in [1.54, 1.807) is 6.20 Å². The third-order valence-corrected chi connectivity index (χ3v) is 5.71. The Morgan fingerprint density at radius 1 is 1.15 bits per heavy atom. The number of rotatable bonds is 6. The number of halogens is 1. The molecule has 0 unspecified atom stereocenters. The van der Waals surface area contributed by atoms with Gasteiger partial charge in [-0.3, -0.25) is 10.00 Å². The number of piperidine rings is 1. The molecule has 2 heterocycles. The summed E-state index contributed by atoms with van der Waals surface area (Å²) < 4.78 is 0. The minimum absolute atomic E-state index is 0. The van der Waals surface area contributed by atoms with Gasteiger partial charge in [0, 0.05) is 24.8 Å². The van der Waals surface area contributed by atoms with Gasteiger partial charge in [-0.15, -0.1) is 24.0 Å². The van der Waals surface area contributed by atoms with E-state index in [0.717, 1.165) is 24.7 Å². The lowest BCUT2D eigenvalue weighted by atomic mass is 9.79. The zero-order valence-corrected chi connectivity index (χ0v) is 18.4. The highest BCUT2D eigenvalue weighted by molar-refractivity contribution is 14.0. The average molecular weight is 474 g/mol. The lowest BCUT2D eigenvalue weighted by Gasteiger charge is -2.48. The van der Waals surface area contributed by atoms with Crippen molar-refractivity contribution in [2.75, 3.05) is 26.2 Å². The monoisotopic (exact) mass is 474 g/mol. The van der Waals surface area contributed by atoms with Gasteiger partial charge in [-0.1, -0.05) is 25.7 Å². The molecule has 0 amide bonds. The van der Waals surface area contributed by atoms with E-state index in [-0.39, 0.29) is 24.0 Å². The molecule has 7 heteroatoms. The maximum Gasteiger partial charge on any atom is 0.191 e. The first kappa shape index (κ1) is 21.5. The van der Waals surface area contributed by atoms with Crippen molar-refractivity contribution >= 4 is 29.9 Å². The largest absolute Gasteiger partial charge is 0.357 e. The summed E-state index contributed by atoms with van der Waals surface area (Å²) in [7, 11) is 0. The van der Waals surface area contributed by atoms with Crippen LogP contribution in [0.2, 0.25) is 0 Å². The summed E-state index contributed by atoms with van der Waals surface area (Å²) in [6.07, 6.45) is 12.6. The third-order valence-electron chi connectivity index (χ3n) is 5.71. The summed E-state index contributed by atoms with van der Waals surface area (Å²) in [6, 6.07) is 1.98. The molecule has 2 fully saturated rings. The molecule has 1 aromatic heterocycles. The van der Waals surface area contributed by atoms with E-state index in [1.807, 2.05) is 6.07 Å². The van der Waals surface area contributed by atoms with Gasteiger partial charge in [0.25, 0.3) is 0 Å². The van der Waals surface area contributed by atoms with Gasteiger partial charge in [0.1, 0.15) is 0 Å². The zero-order valence-electron chi connectivity index (χ0n) is 16.1. The predicted octanol–water partition coefficient (Wildman–Crippen LogP) is 3.27. The van der Waals surface area contributed by atoms with Gasteiger partial charge in [-0.05, 0) is 51.8 Å². The van der Waals surface area contributed by atoms with Crippen LogP contribution in [0.1, 0.15) is 64.0 Å². The molecule has 3 rings (SSSR count). The maximum atomic E-state index is 4.72. The van der Waals surface area contributed by atoms with Crippen LogP contribution in [0.4, 0.5) is 0 Å². The highest BCUT2D eigenvalue weighted by Gasteiger charge is 2.38. The van der Waals surface area contributed by atoms with Crippen molar-refractivity contribution < 1.29 is 0 Å². The summed E-state index contributed by atoms with van der Waals surface area (Å²) in [5.74, 6) is 0.916. The Morgan fingerprint density at radius 3 is 2.54 bits per heavy atom. The molecule has 0 radical (unpaired) electrons. The SMILES string of the molecule is CCNC(=NCc1ccn[nH]1)NCC1(N2CCCCC2)CCCCC1.I. The number of aromatic nitrogens is 2. The Balaban J connectivity index is 0.00000243. The van der Waals surface area contributed by atoms with E-state index in [0.29, 0.717) is 12.1 Å². The average Bonchev–Trinajstić information content (AvgIpc) is 3.19. The molecule has 26 heavy (non-hydrogen) atoms. The van der Waals surface area contributed by atoms with E-state index in [1.165, 1.54) is 64.5 Å². The molecule has 1 saturated carbocycles. The Labute approximate surface area is 175 Å². The lowest BCUT2D eigenvalue weighted by Crippen LogP contribution is -2.59. The first-order chi connectivity index (χ1) is 12.3. The van der Waals surface area contributed by atoms with Crippen molar-refractivity contribution in [1.82, 2.24) is 25.7 Å². The van der Waals surface area contributed by atoms with Crippen LogP contribution in [0.15, 0.2) is 17.3 Å². The zero-order chi connectivity index (χ0) is 17.4. The Morgan fingerprint density at radius 2 is 1.88 bits per heavy atom. The normalized spacial score (nSPS) is 21.0. The second-order valence-corrected chi connectivity index (χ2v) is 7.46. The number of aromatic amines is 1. The molecular formula is C19H35IN6. The van der Waals surface area contributed by atoms with E-state index in [2.05, 4.69) is 32.7 Å². The van der Waals surface area contributed by atoms with Gasteiger partial charge in [0.2, 0.25) is 0 Å².